The molecule has 0 amide bonds. The van der Waals surface area contributed by atoms with Gasteiger partial charge in [-0.2, -0.15) is 0 Å². The summed E-state index contributed by atoms with van der Waals surface area (Å²) in [7, 11) is 0. The van der Waals surface area contributed by atoms with Crippen LogP contribution in [0.3, 0.4) is 0 Å². The fourth-order valence-corrected chi connectivity index (χ4v) is 2.38. The molecule has 0 spiro atoms. The molecule has 0 bridgehead atoms. The first-order chi connectivity index (χ1) is 8.72. The molecule has 0 fully saturated rings. The largest absolute Gasteiger partial charge is 0.311 e. The topological polar surface area (TPSA) is 42.7 Å². The number of benzene rings is 1. The third-order valence-corrected chi connectivity index (χ3v) is 3.29. The van der Waals surface area contributed by atoms with Crippen molar-refractivity contribution in [1.82, 2.24) is 20.3 Å². The van der Waals surface area contributed by atoms with Crippen molar-refractivity contribution >= 4 is 27.5 Å². The highest BCUT2D eigenvalue weighted by Gasteiger charge is 2.09. The van der Waals surface area contributed by atoms with Crippen LogP contribution in [-0.2, 0) is 6.54 Å². The number of nitrogens with zero attached hydrogens (tertiary/aromatic N) is 3. The van der Waals surface area contributed by atoms with Crippen molar-refractivity contribution in [2.75, 3.05) is 6.54 Å². The van der Waals surface area contributed by atoms with Gasteiger partial charge in [0.25, 0.3) is 0 Å². The fourth-order valence-electron chi connectivity index (χ4n) is 1.63. The molecule has 6 heteroatoms. The van der Waals surface area contributed by atoms with E-state index in [1.165, 1.54) is 0 Å². The molecule has 0 aliphatic rings. The monoisotopic (exact) mass is 328 g/mol. The summed E-state index contributed by atoms with van der Waals surface area (Å²) in [5, 5.41) is 12.0. The maximum atomic E-state index is 6.22. The zero-order valence-corrected chi connectivity index (χ0v) is 12.4. The van der Waals surface area contributed by atoms with Gasteiger partial charge in [0.1, 0.15) is 0 Å². The molecule has 18 heavy (non-hydrogen) atoms. The molecule has 0 unspecified atom stereocenters. The average Bonchev–Trinajstić information content (AvgIpc) is 2.78. The van der Waals surface area contributed by atoms with Gasteiger partial charge in [0.15, 0.2) is 0 Å². The van der Waals surface area contributed by atoms with E-state index in [1.807, 2.05) is 18.2 Å². The molecule has 0 atom stereocenters. The van der Waals surface area contributed by atoms with E-state index in [9.17, 15) is 0 Å². The van der Waals surface area contributed by atoms with E-state index in [2.05, 4.69) is 38.5 Å². The van der Waals surface area contributed by atoms with Gasteiger partial charge in [-0.1, -0.05) is 39.7 Å². The first kappa shape index (κ1) is 13.5. The molecule has 96 valence electrons. The molecule has 2 aromatic rings. The van der Waals surface area contributed by atoms with Crippen LogP contribution in [-0.4, -0.2) is 21.5 Å². The molecule has 0 radical (unpaired) electrons. The van der Waals surface area contributed by atoms with Gasteiger partial charge < -0.3 is 5.32 Å². The summed E-state index contributed by atoms with van der Waals surface area (Å²) in [5.74, 6) is 0. The Morgan fingerprint density at radius 3 is 3.00 bits per heavy atom. The second-order valence-corrected chi connectivity index (χ2v) is 5.23. The number of halogens is 2. The zero-order valence-electron chi connectivity index (χ0n) is 10.0. The van der Waals surface area contributed by atoms with E-state index in [0.29, 0.717) is 5.02 Å². The molecular formula is C12H14BrClN4. The van der Waals surface area contributed by atoms with E-state index < -0.39 is 0 Å². The Morgan fingerprint density at radius 1 is 1.44 bits per heavy atom. The molecule has 1 N–H and O–H groups in total. The summed E-state index contributed by atoms with van der Waals surface area (Å²) in [6, 6.07) is 5.71. The van der Waals surface area contributed by atoms with Crippen LogP contribution < -0.4 is 5.32 Å². The smallest absolute Gasteiger partial charge is 0.0854 e. The van der Waals surface area contributed by atoms with Gasteiger partial charge >= 0.3 is 0 Å². The minimum atomic E-state index is 0.645. The molecule has 1 heterocycles. The predicted molar refractivity (Wildman–Crippen MR) is 76.1 cm³/mol. The number of hydrogen-bond donors (Lipinski definition) is 1. The first-order valence-corrected chi connectivity index (χ1v) is 6.95. The standard InChI is InChI=1S/C12H14BrClN4/c1-2-5-15-7-10-8-16-17-18(10)12-4-3-9(13)6-11(12)14/h3-4,6,8,15H,2,5,7H2,1H3. The fraction of sp³-hybridized carbons (Fsp3) is 0.333. The Morgan fingerprint density at radius 2 is 2.28 bits per heavy atom. The highest BCUT2D eigenvalue weighted by molar-refractivity contribution is 9.10. The number of nitrogens with one attached hydrogen (secondary N) is 1. The average molecular weight is 330 g/mol. The second kappa shape index (κ2) is 6.31. The Labute approximate surface area is 119 Å². The number of aromatic nitrogens is 3. The summed E-state index contributed by atoms with van der Waals surface area (Å²) in [5.41, 5.74) is 1.83. The van der Waals surface area contributed by atoms with Gasteiger partial charge in [0.05, 0.1) is 22.6 Å². The van der Waals surface area contributed by atoms with Gasteiger partial charge in [-0.05, 0) is 31.2 Å². The highest BCUT2D eigenvalue weighted by Crippen LogP contribution is 2.24. The quantitative estimate of drug-likeness (QED) is 0.857. The molecular weight excluding hydrogens is 316 g/mol. The SMILES string of the molecule is CCCNCc1cnnn1-c1ccc(Br)cc1Cl. The molecule has 0 saturated heterocycles. The lowest BCUT2D eigenvalue weighted by molar-refractivity contribution is 0.641. The summed E-state index contributed by atoms with van der Waals surface area (Å²) >= 11 is 9.60. The molecule has 0 aliphatic carbocycles. The molecule has 1 aromatic carbocycles. The van der Waals surface area contributed by atoms with Crippen molar-refractivity contribution < 1.29 is 0 Å². The minimum Gasteiger partial charge on any atom is -0.311 e. The van der Waals surface area contributed by atoms with Crippen molar-refractivity contribution in [1.29, 1.82) is 0 Å². The van der Waals surface area contributed by atoms with Gasteiger partial charge in [-0.15, -0.1) is 5.10 Å². The lowest BCUT2D eigenvalue weighted by atomic mass is 10.3. The molecule has 1 aromatic heterocycles. The van der Waals surface area contributed by atoms with Crippen molar-refractivity contribution in [3.05, 3.63) is 39.6 Å². The van der Waals surface area contributed by atoms with E-state index in [4.69, 9.17) is 11.6 Å². The zero-order chi connectivity index (χ0) is 13.0. The molecule has 0 aliphatic heterocycles. The van der Waals surface area contributed by atoms with Crippen LogP contribution in [0.5, 0.6) is 0 Å². The number of rotatable bonds is 5. The maximum Gasteiger partial charge on any atom is 0.0854 e. The van der Waals surface area contributed by atoms with Crippen molar-refractivity contribution in [3.63, 3.8) is 0 Å². The van der Waals surface area contributed by atoms with E-state index in [-0.39, 0.29) is 0 Å². The van der Waals surface area contributed by atoms with Crippen LogP contribution in [0, 0.1) is 0 Å². The van der Waals surface area contributed by atoms with Crippen LogP contribution in [0.25, 0.3) is 5.69 Å². The Balaban J connectivity index is 2.25. The molecule has 4 nitrogen and oxygen atoms in total. The molecule has 2 rings (SSSR count). The van der Waals surface area contributed by atoms with Gasteiger partial charge in [-0.25, -0.2) is 4.68 Å². The Kier molecular flexibility index (Phi) is 4.74. The van der Waals surface area contributed by atoms with Crippen LogP contribution in [0.2, 0.25) is 5.02 Å². The van der Waals surface area contributed by atoms with Gasteiger partial charge in [0, 0.05) is 11.0 Å². The van der Waals surface area contributed by atoms with E-state index in [1.54, 1.807) is 10.9 Å². The van der Waals surface area contributed by atoms with Crippen LogP contribution >= 0.6 is 27.5 Å². The highest BCUT2D eigenvalue weighted by atomic mass is 79.9. The van der Waals surface area contributed by atoms with E-state index in [0.717, 1.165) is 35.4 Å². The third kappa shape index (κ3) is 3.10. The van der Waals surface area contributed by atoms with Gasteiger partial charge in [-0.3, -0.25) is 0 Å². The van der Waals surface area contributed by atoms with E-state index >= 15 is 0 Å². The Bertz CT molecular complexity index is 527. The van der Waals surface area contributed by atoms with Crippen LogP contribution in [0.4, 0.5) is 0 Å². The summed E-state index contributed by atoms with van der Waals surface area (Å²) in [4.78, 5) is 0. The normalized spacial score (nSPS) is 10.8. The van der Waals surface area contributed by atoms with Crippen LogP contribution in [0.15, 0.2) is 28.9 Å². The molecule has 0 saturated carbocycles. The van der Waals surface area contributed by atoms with Crippen molar-refractivity contribution in [2.45, 2.75) is 19.9 Å². The van der Waals surface area contributed by atoms with Crippen molar-refractivity contribution in [2.24, 2.45) is 0 Å². The summed E-state index contributed by atoms with van der Waals surface area (Å²) < 4.78 is 2.71. The van der Waals surface area contributed by atoms with Crippen LogP contribution in [0.1, 0.15) is 19.0 Å². The Hall–Kier alpha value is -0.910. The van der Waals surface area contributed by atoms with Crippen molar-refractivity contribution in [3.8, 4) is 5.69 Å². The minimum absolute atomic E-state index is 0.645. The maximum absolute atomic E-state index is 6.22. The number of hydrogen-bond acceptors (Lipinski definition) is 3. The predicted octanol–water partition coefficient (Wildman–Crippen LogP) is 3.18. The summed E-state index contributed by atoms with van der Waals surface area (Å²) in [6.07, 6.45) is 2.85. The lowest BCUT2D eigenvalue weighted by Crippen LogP contribution is -2.16. The lowest BCUT2D eigenvalue weighted by Gasteiger charge is -2.08. The first-order valence-electron chi connectivity index (χ1n) is 5.78. The van der Waals surface area contributed by atoms with Gasteiger partial charge in [0.2, 0.25) is 0 Å². The second-order valence-electron chi connectivity index (χ2n) is 3.91. The third-order valence-electron chi connectivity index (χ3n) is 2.49. The summed E-state index contributed by atoms with van der Waals surface area (Å²) in [6.45, 7) is 3.83.